The Morgan fingerprint density at radius 3 is 2.73 bits per heavy atom. The maximum Gasteiger partial charge on any atom is 0.271 e. The van der Waals surface area contributed by atoms with Crippen LogP contribution in [-0.2, 0) is 21.2 Å². The van der Waals surface area contributed by atoms with Crippen molar-refractivity contribution >= 4 is 33.0 Å². The van der Waals surface area contributed by atoms with E-state index < -0.39 is 27.4 Å². The van der Waals surface area contributed by atoms with Crippen LogP contribution < -0.4 is 14.5 Å². The number of nitro benzene ring substituents is 1. The van der Waals surface area contributed by atoms with Crippen molar-refractivity contribution in [1.82, 2.24) is 5.32 Å². The number of para-hydroxylation sites is 1. The van der Waals surface area contributed by atoms with E-state index in [-0.39, 0.29) is 11.4 Å². The first-order valence-electron chi connectivity index (χ1n) is 9.57. The number of hydrogen-bond acceptors (Lipinski definition) is 6. The average Bonchev–Trinajstić information content (AvgIpc) is 3.12. The Bertz CT molecular complexity index is 1040. The van der Waals surface area contributed by atoms with Gasteiger partial charge in [-0.15, -0.1) is 0 Å². The number of fused-ring (bicyclic) bond motifs is 1. The Labute approximate surface area is 175 Å². The molecule has 0 aromatic heterocycles. The van der Waals surface area contributed by atoms with Gasteiger partial charge in [-0.05, 0) is 30.5 Å². The topological polar surface area (TPSA) is 113 Å². The van der Waals surface area contributed by atoms with Gasteiger partial charge in [0.05, 0.1) is 16.9 Å². The number of nitrogens with one attached hydrogen (secondary N) is 1. The maximum absolute atomic E-state index is 12.3. The summed E-state index contributed by atoms with van der Waals surface area (Å²) < 4.78 is 25.1. The summed E-state index contributed by atoms with van der Waals surface area (Å²) in [6, 6.07) is 13.4. The molecule has 30 heavy (non-hydrogen) atoms. The lowest BCUT2D eigenvalue weighted by atomic mass is 10.2. The molecule has 0 radical (unpaired) electrons. The molecule has 10 heteroatoms. The van der Waals surface area contributed by atoms with Crippen LogP contribution in [0.3, 0.4) is 0 Å². The van der Waals surface area contributed by atoms with Crippen molar-refractivity contribution in [1.29, 1.82) is 0 Å². The predicted molar refractivity (Wildman–Crippen MR) is 115 cm³/mol. The first-order chi connectivity index (χ1) is 14.3. The summed E-state index contributed by atoms with van der Waals surface area (Å²) in [6.45, 7) is 1.70. The second-order valence-corrected chi connectivity index (χ2v) is 9.02. The normalized spacial score (nSPS) is 13.0. The van der Waals surface area contributed by atoms with Gasteiger partial charge in [-0.3, -0.25) is 19.2 Å². The van der Waals surface area contributed by atoms with Crippen LogP contribution in [-0.4, -0.2) is 51.7 Å². The van der Waals surface area contributed by atoms with Crippen LogP contribution in [0.1, 0.15) is 12.0 Å². The van der Waals surface area contributed by atoms with Crippen molar-refractivity contribution in [2.24, 2.45) is 0 Å². The molecular weight excluding hydrogens is 408 g/mol. The van der Waals surface area contributed by atoms with E-state index in [4.69, 9.17) is 0 Å². The van der Waals surface area contributed by atoms with Crippen LogP contribution in [0.5, 0.6) is 0 Å². The number of sulfonamides is 1. The Morgan fingerprint density at radius 1 is 1.23 bits per heavy atom. The van der Waals surface area contributed by atoms with Gasteiger partial charge in [0, 0.05) is 37.5 Å². The van der Waals surface area contributed by atoms with Gasteiger partial charge in [0.1, 0.15) is 6.54 Å². The Morgan fingerprint density at radius 2 is 2.00 bits per heavy atom. The summed E-state index contributed by atoms with van der Waals surface area (Å²) in [7, 11) is -3.79. The highest BCUT2D eigenvalue weighted by atomic mass is 32.2. The molecule has 0 fully saturated rings. The van der Waals surface area contributed by atoms with Crippen molar-refractivity contribution in [3.8, 4) is 0 Å². The zero-order valence-corrected chi connectivity index (χ0v) is 17.5. The summed E-state index contributed by atoms with van der Waals surface area (Å²) in [6.07, 6.45) is 2.69. The van der Waals surface area contributed by atoms with Gasteiger partial charge in [-0.1, -0.05) is 24.3 Å². The summed E-state index contributed by atoms with van der Waals surface area (Å²) in [5.74, 6) is -0.464. The van der Waals surface area contributed by atoms with E-state index in [0.29, 0.717) is 6.54 Å². The lowest BCUT2D eigenvalue weighted by Crippen LogP contribution is -2.41. The average molecular weight is 433 g/mol. The van der Waals surface area contributed by atoms with Gasteiger partial charge in [0.2, 0.25) is 15.9 Å². The van der Waals surface area contributed by atoms with E-state index in [1.165, 1.54) is 29.4 Å². The number of anilines is 2. The fraction of sp³-hybridized carbons (Fsp3) is 0.350. The number of nitro groups is 1. The van der Waals surface area contributed by atoms with Crippen molar-refractivity contribution in [3.63, 3.8) is 0 Å². The minimum Gasteiger partial charge on any atom is -0.371 e. The highest BCUT2D eigenvalue weighted by Gasteiger charge is 2.23. The number of rotatable bonds is 9. The Hall–Kier alpha value is -3.14. The molecule has 0 atom stereocenters. The molecule has 9 nitrogen and oxygen atoms in total. The highest BCUT2D eigenvalue weighted by Crippen LogP contribution is 2.27. The number of hydrogen-bond donors (Lipinski definition) is 1. The van der Waals surface area contributed by atoms with Gasteiger partial charge in [-0.2, -0.15) is 0 Å². The van der Waals surface area contributed by atoms with E-state index in [1.807, 2.05) is 12.1 Å². The smallest absolute Gasteiger partial charge is 0.271 e. The minimum atomic E-state index is -3.79. The lowest BCUT2D eigenvalue weighted by Gasteiger charge is -2.22. The Balaban J connectivity index is 1.54. The van der Waals surface area contributed by atoms with E-state index in [9.17, 15) is 23.3 Å². The van der Waals surface area contributed by atoms with E-state index >= 15 is 0 Å². The summed E-state index contributed by atoms with van der Waals surface area (Å²) >= 11 is 0. The molecule has 1 amide bonds. The first kappa shape index (κ1) is 21.6. The largest absolute Gasteiger partial charge is 0.371 e. The lowest BCUT2D eigenvalue weighted by molar-refractivity contribution is -0.384. The van der Waals surface area contributed by atoms with Crippen LogP contribution in [0.4, 0.5) is 17.1 Å². The molecule has 0 spiro atoms. The van der Waals surface area contributed by atoms with Gasteiger partial charge >= 0.3 is 0 Å². The monoisotopic (exact) mass is 432 g/mol. The van der Waals surface area contributed by atoms with Gasteiger partial charge in [-0.25, -0.2) is 8.42 Å². The number of non-ortho nitro benzene ring substituents is 1. The third-order valence-corrected chi connectivity index (χ3v) is 6.07. The molecule has 0 saturated heterocycles. The highest BCUT2D eigenvalue weighted by molar-refractivity contribution is 7.92. The van der Waals surface area contributed by atoms with Gasteiger partial charge in [0.25, 0.3) is 5.69 Å². The summed E-state index contributed by atoms with van der Waals surface area (Å²) in [4.78, 5) is 24.9. The van der Waals surface area contributed by atoms with Crippen molar-refractivity contribution in [3.05, 3.63) is 64.2 Å². The molecule has 0 saturated carbocycles. The quantitative estimate of drug-likeness (QED) is 0.368. The number of nitrogens with zero attached hydrogens (tertiary/aromatic N) is 3. The van der Waals surface area contributed by atoms with Crippen LogP contribution in [0.2, 0.25) is 0 Å². The second-order valence-electron chi connectivity index (χ2n) is 7.12. The number of carbonyl (C=O) groups excluding carboxylic acids is 1. The van der Waals surface area contributed by atoms with Crippen LogP contribution in [0, 0.1) is 10.1 Å². The molecule has 2 aromatic rings. The number of benzene rings is 2. The standard InChI is InChI=1S/C20H24N4O5S/c1-30(28,29)23(17-7-4-8-18(14-17)24(26)27)15-20(25)21-11-5-12-22-13-10-16-6-2-3-9-19(16)22/h2-4,6-9,14H,5,10-13,15H2,1H3,(H,21,25). The summed E-state index contributed by atoms with van der Waals surface area (Å²) in [5.41, 5.74) is 2.38. The molecule has 1 heterocycles. The molecule has 1 N–H and O–H groups in total. The summed E-state index contributed by atoms with van der Waals surface area (Å²) in [5, 5.41) is 13.7. The fourth-order valence-corrected chi connectivity index (χ4v) is 4.33. The fourth-order valence-electron chi connectivity index (χ4n) is 3.48. The molecule has 1 aliphatic heterocycles. The van der Waals surface area contributed by atoms with Crippen molar-refractivity contribution in [2.75, 3.05) is 41.6 Å². The van der Waals surface area contributed by atoms with Crippen LogP contribution in [0.15, 0.2) is 48.5 Å². The third-order valence-electron chi connectivity index (χ3n) is 4.93. The molecule has 3 rings (SSSR count). The van der Waals surface area contributed by atoms with E-state index in [2.05, 4.69) is 22.3 Å². The maximum atomic E-state index is 12.3. The second kappa shape index (κ2) is 9.12. The molecule has 0 aliphatic carbocycles. The number of carbonyl (C=O) groups is 1. The van der Waals surface area contributed by atoms with Crippen LogP contribution >= 0.6 is 0 Å². The zero-order chi connectivity index (χ0) is 21.7. The predicted octanol–water partition coefficient (Wildman–Crippen LogP) is 1.93. The molecule has 2 aromatic carbocycles. The van der Waals surface area contributed by atoms with Crippen LogP contribution in [0.25, 0.3) is 0 Å². The molecule has 1 aliphatic rings. The molecule has 160 valence electrons. The minimum absolute atomic E-state index is 0.0792. The Kier molecular flexibility index (Phi) is 6.56. The van der Waals surface area contributed by atoms with Crippen molar-refractivity contribution in [2.45, 2.75) is 12.8 Å². The molecule has 0 bridgehead atoms. The third kappa shape index (κ3) is 5.26. The first-order valence-corrected chi connectivity index (χ1v) is 11.4. The molecule has 0 unspecified atom stereocenters. The SMILES string of the molecule is CS(=O)(=O)N(CC(=O)NCCCN1CCc2ccccc21)c1cccc([N+](=O)[O-])c1. The zero-order valence-electron chi connectivity index (χ0n) is 16.7. The number of amides is 1. The van der Waals surface area contributed by atoms with Crippen molar-refractivity contribution < 1.29 is 18.1 Å². The van der Waals surface area contributed by atoms with E-state index in [0.717, 1.165) is 42.6 Å². The molecular formula is C20H24N4O5S. The van der Waals surface area contributed by atoms with Gasteiger partial charge in [0.15, 0.2) is 0 Å². The van der Waals surface area contributed by atoms with Gasteiger partial charge < -0.3 is 10.2 Å². The van der Waals surface area contributed by atoms with E-state index in [1.54, 1.807) is 0 Å².